The van der Waals surface area contributed by atoms with E-state index in [0.29, 0.717) is 6.07 Å². The van der Waals surface area contributed by atoms with Gasteiger partial charge in [-0.1, -0.05) is 0 Å². The maximum Gasteiger partial charge on any atom is 0.329 e. The summed E-state index contributed by atoms with van der Waals surface area (Å²) in [7, 11) is 0. The van der Waals surface area contributed by atoms with Gasteiger partial charge < -0.3 is 15.2 Å². The van der Waals surface area contributed by atoms with E-state index in [1.807, 2.05) is 0 Å². The minimum atomic E-state index is -1.30. The van der Waals surface area contributed by atoms with Gasteiger partial charge in [0.25, 0.3) is 0 Å². The van der Waals surface area contributed by atoms with Crippen LogP contribution in [0, 0.1) is 11.6 Å². The number of nitrogens with one attached hydrogen (secondary N) is 1. The van der Waals surface area contributed by atoms with Gasteiger partial charge in [-0.25, -0.2) is 13.6 Å². The normalized spacial score (nSPS) is 11.7. The van der Waals surface area contributed by atoms with Gasteiger partial charge in [0.05, 0.1) is 0 Å². The highest BCUT2D eigenvalue weighted by atomic mass is 19.1. The van der Waals surface area contributed by atoms with Gasteiger partial charge in [0, 0.05) is 25.1 Å². The summed E-state index contributed by atoms with van der Waals surface area (Å²) in [6, 6.07) is 1.20. The first kappa shape index (κ1) is 13.9. The molecule has 5 nitrogen and oxygen atoms in total. The molecular weight excluding hydrogens is 248 g/mol. The summed E-state index contributed by atoms with van der Waals surface area (Å²) in [5.74, 6) is -3.67. The van der Waals surface area contributed by atoms with Crippen molar-refractivity contribution in [3.05, 3.63) is 29.8 Å². The molecule has 0 aliphatic heterocycles. The fraction of sp³-hybridized carbons (Fsp3) is 0.273. The van der Waals surface area contributed by atoms with Crippen LogP contribution in [0.15, 0.2) is 18.2 Å². The standard InChI is InChI=1S/C11H11F2NO4/c1-6(15)14-10(11(16)17)5-18-9-3-7(12)2-8(13)4-9/h2-4,10H,5H2,1H3,(H,14,15)(H,16,17). The predicted octanol–water partition coefficient (Wildman–Crippen LogP) is 0.933. The van der Waals surface area contributed by atoms with Crippen LogP contribution in [0.2, 0.25) is 0 Å². The van der Waals surface area contributed by atoms with Crippen molar-refractivity contribution in [1.82, 2.24) is 5.32 Å². The number of carbonyl (C=O) groups is 2. The Labute approximate surface area is 101 Å². The zero-order chi connectivity index (χ0) is 13.7. The minimum Gasteiger partial charge on any atom is -0.491 e. The zero-order valence-corrected chi connectivity index (χ0v) is 9.44. The minimum absolute atomic E-state index is 0.149. The topological polar surface area (TPSA) is 75.6 Å². The van der Waals surface area contributed by atoms with Gasteiger partial charge in [0.15, 0.2) is 6.04 Å². The van der Waals surface area contributed by atoms with Crippen molar-refractivity contribution in [2.24, 2.45) is 0 Å². The Morgan fingerprint density at radius 3 is 2.33 bits per heavy atom. The monoisotopic (exact) mass is 259 g/mol. The molecule has 1 aromatic rings. The van der Waals surface area contributed by atoms with Gasteiger partial charge in [-0.05, 0) is 0 Å². The number of carbonyl (C=O) groups excluding carboxylic acids is 1. The Bertz CT molecular complexity index is 444. The molecule has 0 spiro atoms. The van der Waals surface area contributed by atoms with Gasteiger partial charge in [-0.2, -0.15) is 0 Å². The number of carboxylic acid groups (broad SMARTS) is 1. The van der Waals surface area contributed by atoms with Crippen molar-refractivity contribution in [3.63, 3.8) is 0 Å². The van der Waals surface area contributed by atoms with Crippen LogP contribution in [0.1, 0.15) is 6.92 Å². The van der Waals surface area contributed by atoms with E-state index in [1.54, 1.807) is 0 Å². The lowest BCUT2D eigenvalue weighted by molar-refractivity contribution is -0.142. The first-order valence-electron chi connectivity index (χ1n) is 4.97. The smallest absolute Gasteiger partial charge is 0.329 e. The first-order chi connectivity index (χ1) is 8.38. The Morgan fingerprint density at radius 1 is 1.33 bits per heavy atom. The first-order valence-corrected chi connectivity index (χ1v) is 4.97. The number of rotatable bonds is 5. The van der Waals surface area contributed by atoms with Crippen LogP contribution < -0.4 is 10.1 Å². The summed E-state index contributed by atoms with van der Waals surface area (Å²) < 4.78 is 30.5. The van der Waals surface area contributed by atoms with Crippen LogP contribution in [0.25, 0.3) is 0 Å². The largest absolute Gasteiger partial charge is 0.491 e. The number of aliphatic carboxylic acids is 1. The van der Waals surface area contributed by atoms with E-state index in [-0.39, 0.29) is 5.75 Å². The Kier molecular flexibility index (Phi) is 4.59. The lowest BCUT2D eigenvalue weighted by atomic mass is 10.3. The van der Waals surface area contributed by atoms with Gasteiger partial charge in [0.1, 0.15) is 24.0 Å². The molecule has 0 saturated heterocycles. The Balaban J connectivity index is 2.66. The average molecular weight is 259 g/mol. The number of hydrogen-bond donors (Lipinski definition) is 2. The molecule has 1 atom stereocenters. The second-order valence-corrected chi connectivity index (χ2v) is 3.51. The van der Waals surface area contributed by atoms with E-state index < -0.39 is 36.2 Å². The quantitative estimate of drug-likeness (QED) is 0.825. The van der Waals surface area contributed by atoms with Crippen molar-refractivity contribution in [1.29, 1.82) is 0 Å². The van der Waals surface area contributed by atoms with Crippen LogP contribution in [-0.4, -0.2) is 29.6 Å². The summed E-state index contributed by atoms with van der Waals surface area (Å²) in [6.07, 6.45) is 0. The Hall–Kier alpha value is -2.18. The fourth-order valence-corrected chi connectivity index (χ4v) is 1.21. The lowest BCUT2D eigenvalue weighted by Gasteiger charge is -2.14. The van der Waals surface area contributed by atoms with Crippen LogP contribution in [0.4, 0.5) is 8.78 Å². The summed E-state index contributed by atoms with van der Waals surface area (Å²) in [6.45, 7) is 0.718. The van der Waals surface area contributed by atoms with Gasteiger partial charge in [-0.3, -0.25) is 4.79 Å². The van der Waals surface area contributed by atoms with E-state index in [4.69, 9.17) is 9.84 Å². The van der Waals surface area contributed by atoms with Gasteiger partial charge >= 0.3 is 5.97 Å². The zero-order valence-electron chi connectivity index (χ0n) is 9.44. The summed E-state index contributed by atoms with van der Waals surface area (Å²) >= 11 is 0. The van der Waals surface area contributed by atoms with Gasteiger partial charge in [0.2, 0.25) is 5.91 Å². The molecule has 0 radical (unpaired) electrons. The molecular formula is C11H11F2NO4. The fourth-order valence-electron chi connectivity index (χ4n) is 1.21. The highest BCUT2D eigenvalue weighted by Crippen LogP contribution is 2.15. The maximum absolute atomic E-state index is 12.8. The molecule has 1 amide bonds. The van der Waals surface area contributed by atoms with E-state index >= 15 is 0 Å². The molecule has 0 aliphatic rings. The van der Waals surface area contributed by atoms with Crippen LogP contribution in [-0.2, 0) is 9.59 Å². The molecule has 0 bridgehead atoms. The number of carboxylic acids is 1. The molecule has 0 saturated carbocycles. The summed E-state index contributed by atoms with van der Waals surface area (Å²) in [5, 5.41) is 10.9. The number of benzene rings is 1. The third-order valence-electron chi connectivity index (χ3n) is 1.93. The molecule has 7 heteroatoms. The van der Waals surface area contributed by atoms with Gasteiger partial charge in [-0.15, -0.1) is 0 Å². The molecule has 0 aliphatic carbocycles. The third kappa shape index (κ3) is 4.36. The number of hydrogen-bond acceptors (Lipinski definition) is 3. The maximum atomic E-state index is 12.8. The van der Waals surface area contributed by atoms with Crippen LogP contribution >= 0.6 is 0 Å². The molecule has 98 valence electrons. The number of ether oxygens (including phenoxy) is 1. The average Bonchev–Trinajstić information content (AvgIpc) is 2.21. The highest BCUT2D eigenvalue weighted by Gasteiger charge is 2.19. The van der Waals surface area contributed by atoms with Crippen molar-refractivity contribution >= 4 is 11.9 Å². The number of halogens is 2. The third-order valence-corrected chi connectivity index (χ3v) is 1.93. The number of amides is 1. The van der Waals surface area contributed by atoms with E-state index in [9.17, 15) is 18.4 Å². The predicted molar refractivity (Wildman–Crippen MR) is 57.1 cm³/mol. The van der Waals surface area contributed by atoms with E-state index in [0.717, 1.165) is 19.1 Å². The molecule has 1 rings (SSSR count). The molecule has 18 heavy (non-hydrogen) atoms. The van der Waals surface area contributed by atoms with Crippen molar-refractivity contribution in [3.8, 4) is 5.75 Å². The molecule has 2 N–H and O–H groups in total. The molecule has 0 aromatic heterocycles. The van der Waals surface area contributed by atoms with E-state index in [1.165, 1.54) is 0 Å². The van der Waals surface area contributed by atoms with Crippen LogP contribution in [0.5, 0.6) is 5.75 Å². The molecule has 1 unspecified atom stereocenters. The van der Waals surface area contributed by atoms with Crippen molar-refractivity contribution in [2.75, 3.05) is 6.61 Å². The molecule has 0 heterocycles. The summed E-state index contributed by atoms with van der Waals surface area (Å²) in [5.41, 5.74) is 0. The Morgan fingerprint density at radius 2 is 1.89 bits per heavy atom. The van der Waals surface area contributed by atoms with Crippen molar-refractivity contribution < 1.29 is 28.2 Å². The molecule has 0 fully saturated rings. The summed E-state index contributed by atoms with van der Waals surface area (Å²) in [4.78, 5) is 21.5. The van der Waals surface area contributed by atoms with E-state index in [2.05, 4.69) is 5.32 Å². The highest BCUT2D eigenvalue weighted by molar-refractivity contribution is 5.82. The van der Waals surface area contributed by atoms with Crippen LogP contribution in [0.3, 0.4) is 0 Å². The second-order valence-electron chi connectivity index (χ2n) is 3.51. The second kappa shape index (κ2) is 5.95. The van der Waals surface area contributed by atoms with Crippen molar-refractivity contribution in [2.45, 2.75) is 13.0 Å². The SMILES string of the molecule is CC(=O)NC(COc1cc(F)cc(F)c1)C(=O)O. The molecule has 1 aromatic carbocycles. The lowest BCUT2D eigenvalue weighted by Crippen LogP contribution is -2.43.